The summed E-state index contributed by atoms with van der Waals surface area (Å²) >= 11 is 0. The molecule has 6 heteroatoms. The Kier molecular flexibility index (Phi) is 6.98. The Hall–Kier alpha value is -3.02. The van der Waals surface area contributed by atoms with Crippen LogP contribution in [-0.4, -0.2) is 40.4 Å². The van der Waals surface area contributed by atoms with Crippen LogP contribution in [0.3, 0.4) is 0 Å². The largest absolute Gasteiger partial charge is 0.497 e. The summed E-state index contributed by atoms with van der Waals surface area (Å²) in [5, 5.41) is 0. The number of carbonyl (C=O) groups excluding carboxylic acids is 2. The number of ether oxygens (including phenoxy) is 4. The third kappa shape index (κ3) is 4.42. The molecule has 0 heterocycles. The van der Waals surface area contributed by atoms with Crippen LogP contribution in [0.5, 0.6) is 11.5 Å². The third-order valence-corrected chi connectivity index (χ3v) is 6.11. The Morgan fingerprint density at radius 2 is 0.967 bits per heavy atom. The summed E-state index contributed by atoms with van der Waals surface area (Å²) < 4.78 is 20.5. The molecule has 1 saturated carbocycles. The van der Waals surface area contributed by atoms with Gasteiger partial charge < -0.3 is 18.9 Å². The summed E-state index contributed by atoms with van der Waals surface area (Å²) in [4.78, 5) is 24.4. The van der Waals surface area contributed by atoms with E-state index in [1.165, 1.54) is 14.2 Å². The first-order valence-electron chi connectivity index (χ1n) is 9.93. The minimum absolute atomic E-state index is 0.00824. The van der Waals surface area contributed by atoms with Gasteiger partial charge in [0, 0.05) is 12.8 Å². The summed E-state index contributed by atoms with van der Waals surface area (Å²) in [6.07, 6.45) is 0.559. The van der Waals surface area contributed by atoms with E-state index in [0.29, 0.717) is 0 Å². The second kappa shape index (κ2) is 9.65. The van der Waals surface area contributed by atoms with Gasteiger partial charge >= 0.3 is 11.9 Å². The lowest BCUT2D eigenvalue weighted by Gasteiger charge is -2.52. The van der Waals surface area contributed by atoms with Crippen LogP contribution in [0, 0.1) is 11.8 Å². The molecule has 0 N–H and O–H groups in total. The van der Waals surface area contributed by atoms with E-state index < -0.39 is 0 Å². The van der Waals surface area contributed by atoms with E-state index in [0.717, 1.165) is 22.6 Å². The third-order valence-electron chi connectivity index (χ3n) is 6.11. The highest BCUT2D eigenvalue weighted by molar-refractivity contribution is 5.72. The van der Waals surface area contributed by atoms with E-state index in [4.69, 9.17) is 18.9 Å². The predicted octanol–water partition coefficient (Wildman–Crippen LogP) is 3.94. The molecule has 0 unspecified atom stereocenters. The number of esters is 2. The van der Waals surface area contributed by atoms with Crippen LogP contribution in [-0.2, 0) is 19.1 Å². The Morgan fingerprint density at radius 3 is 1.23 bits per heavy atom. The highest BCUT2D eigenvalue weighted by atomic mass is 16.5. The normalized spacial score (nSPS) is 22.5. The van der Waals surface area contributed by atoms with Crippen molar-refractivity contribution in [1.29, 1.82) is 0 Å². The van der Waals surface area contributed by atoms with Crippen LogP contribution in [0.4, 0.5) is 0 Å². The zero-order chi connectivity index (χ0) is 21.7. The van der Waals surface area contributed by atoms with Crippen LogP contribution >= 0.6 is 0 Å². The molecule has 2 aromatic rings. The van der Waals surface area contributed by atoms with Gasteiger partial charge in [-0.3, -0.25) is 9.59 Å². The maximum atomic E-state index is 12.2. The fourth-order valence-corrected chi connectivity index (χ4v) is 4.64. The molecule has 160 valence electrons. The van der Waals surface area contributed by atoms with Crippen LogP contribution in [0.25, 0.3) is 0 Å². The fraction of sp³-hybridized carbons (Fsp3) is 0.417. The van der Waals surface area contributed by atoms with Crippen molar-refractivity contribution in [2.75, 3.05) is 28.4 Å². The standard InChI is InChI=1S/C24H28O6/c1-27-17-9-5-15(6-10-17)23-19(13-21(25)29-3)24(20(23)14-22(26)30-4)16-7-11-18(28-2)12-8-16/h5-12,19-20,23-24H,13-14H2,1-4H3. The van der Waals surface area contributed by atoms with Crippen molar-refractivity contribution in [3.63, 3.8) is 0 Å². The van der Waals surface area contributed by atoms with Crippen molar-refractivity contribution >= 4 is 11.9 Å². The average Bonchev–Trinajstić information content (AvgIpc) is 2.78. The minimum atomic E-state index is -0.256. The van der Waals surface area contributed by atoms with Crippen LogP contribution < -0.4 is 9.47 Å². The quantitative estimate of drug-likeness (QED) is 0.612. The summed E-state index contributed by atoms with van der Waals surface area (Å²) in [7, 11) is 6.05. The molecule has 6 nitrogen and oxygen atoms in total. The topological polar surface area (TPSA) is 71.1 Å². The van der Waals surface area contributed by atoms with Crippen molar-refractivity contribution in [3.8, 4) is 11.5 Å². The molecular weight excluding hydrogens is 384 g/mol. The minimum Gasteiger partial charge on any atom is -0.497 e. The van der Waals surface area contributed by atoms with Crippen molar-refractivity contribution in [2.24, 2.45) is 11.8 Å². The van der Waals surface area contributed by atoms with Gasteiger partial charge in [0.25, 0.3) is 0 Å². The van der Waals surface area contributed by atoms with Gasteiger partial charge in [-0.1, -0.05) is 24.3 Å². The number of methoxy groups -OCH3 is 4. The Morgan fingerprint density at radius 1 is 0.633 bits per heavy atom. The summed E-state index contributed by atoms with van der Waals surface area (Å²) in [6, 6.07) is 15.6. The van der Waals surface area contributed by atoms with Crippen LogP contribution in [0.15, 0.2) is 48.5 Å². The zero-order valence-corrected chi connectivity index (χ0v) is 17.8. The van der Waals surface area contributed by atoms with Gasteiger partial charge in [-0.05, 0) is 59.1 Å². The zero-order valence-electron chi connectivity index (χ0n) is 17.8. The lowest BCUT2D eigenvalue weighted by Crippen LogP contribution is -2.45. The molecule has 0 saturated heterocycles. The summed E-state index contributed by atoms with van der Waals surface area (Å²) in [6.45, 7) is 0. The van der Waals surface area contributed by atoms with Crippen molar-refractivity contribution < 1.29 is 28.5 Å². The van der Waals surface area contributed by atoms with Gasteiger partial charge in [-0.25, -0.2) is 0 Å². The van der Waals surface area contributed by atoms with Crippen molar-refractivity contribution in [1.82, 2.24) is 0 Å². The smallest absolute Gasteiger partial charge is 0.305 e. The molecule has 3 rings (SSSR count). The first-order valence-corrected chi connectivity index (χ1v) is 9.93. The number of rotatable bonds is 8. The second-order valence-electron chi connectivity index (χ2n) is 7.49. The van der Waals surface area contributed by atoms with Gasteiger partial charge in [0.15, 0.2) is 0 Å². The Bertz CT molecular complexity index is 777. The number of hydrogen-bond donors (Lipinski definition) is 0. The molecule has 0 aromatic heterocycles. The van der Waals surface area contributed by atoms with E-state index in [9.17, 15) is 9.59 Å². The molecule has 0 aliphatic heterocycles. The molecule has 1 aliphatic carbocycles. The van der Waals surface area contributed by atoms with Crippen LogP contribution in [0.2, 0.25) is 0 Å². The van der Waals surface area contributed by atoms with E-state index >= 15 is 0 Å². The molecule has 0 bridgehead atoms. The van der Waals surface area contributed by atoms with Gasteiger partial charge in [-0.15, -0.1) is 0 Å². The summed E-state index contributed by atoms with van der Waals surface area (Å²) in [5.41, 5.74) is 2.15. The predicted molar refractivity (Wildman–Crippen MR) is 112 cm³/mol. The first-order chi connectivity index (χ1) is 14.5. The number of benzene rings is 2. The summed E-state index contributed by atoms with van der Waals surface area (Å²) in [5.74, 6) is 1.09. The molecule has 0 radical (unpaired) electrons. The molecule has 30 heavy (non-hydrogen) atoms. The molecular formula is C24H28O6. The molecule has 1 aliphatic rings. The highest BCUT2D eigenvalue weighted by Crippen LogP contribution is 2.60. The van der Waals surface area contributed by atoms with E-state index in [2.05, 4.69) is 0 Å². The van der Waals surface area contributed by atoms with Gasteiger partial charge in [-0.2, -0.15) is 0 Å². The van der Waals surface area contributed by atoms with Gasteiger partial charge in [0.1, 0.15) is 11.5 Å². The molecule has 1 fully saturated rings. The van der Waals surface area contributed by atoms with Gasteiger partial charge in [0.05, 0.1) is 28.4 Å². The van der Waals surface area contributed by atoms with E-state index in [-0.39, 0.29) is 48.5 Å². The maximum absolute atomic E-state index is 12.2. The highest BCUT2D eigenvalue weighted by Gasteiger charge is 2.52. The monoisotopic (exact) mass is 412 g/mol. The van der Waals surface area contributed by atoms with Crippen molar-refractivity contribution in [2.45, 2.75) is 24.7 Å². The maximum Gasteiger partial charge on any atom is 0.305 e. The first kappa shape index (κ1) is 21.7. The molecule has 0 amide bonds. The van der Waals surface area contributed by atoms with E-state index in [1.54, 1.807) is 14.2 Å². The van der Waals surface area contributed by atoms with E-state index in [1.807, 2.05) is 48.5 Å². The Balaban J connectivity index is 1.99. The average molecular weight is 412 g/mol. The Labute approximate surface area is 177 Å². The number of carbonyl (C=O) groups is 2. The van der Waals surface area contributed by atoms with Crippen LogP contribution in [0.1, 0.15) is 35.8 Å². The van der Waals surface area contributed by atoms with Crippen molar-refractivity contribution in [3.05, 3.63) is 59.7 Å². The lowest BCUT2D eigenvalue weighted by molar-refractivity contribution is -0.146. The second-order valence-corrected chi connectivity index (χ2v) is 7.49. The lowest BCUT2D eigenvalue weighted by atomic mass is 9.51. The van der Waals surface area contributed by atoms with Gasteiger partial charge in [0.2, 0.25) is 0 Å². The molecule has 0 spiro atoms. The fourth-order valence-electron chi connectivity index (χ4n) is 4.64. The molecule has 2 aromatic carbocycles. The molecule has 0 atom stereocenters. The SMILES string of the molecule is COC(=O)CC1C(c2ccc(OC)cc2)C(CC(=O)OC)C1c1ccc(OC)cc1. The number of hydrogen-bond acceptors (Lipinski definition) is 6.